The maximum atomic E-state index is 11.0. The summed E-state index contributed by atoms with van der Waals surface area (Å²) >= 11 is 1.46. The van der Waals surface area contributed by atoms with Crippen LogP contribution in [0.3, 0.4) is 0 Å². The molecule has 2 N–H and O–H groups in total. The molecule has 7 heteroatoms. The maximum Gasteiger partial charge on any atom is 0.339 e. The number of aromatic amines is 1. The van der Waals surface area contributed by atoms with Gasteiger partial charge in [0, 0.05) is 25.4 Å². The van der Waals surface area contributed by atoms with E-state index in [-0.39, 0.29) is 0 Å². The van der Waals surface area contributed by atoms with Crippen molar-refractivity contribution in [2.45, 2.75) is 24.0 Å². The zero-order chi connectivity index (χ0) is 11.5. The lowest BCUT2D eigenvalue weighted by molar-refractivity contribution is 0.596. The molecule has 0 saturated heterocycles. The molecule has 6 nitrogen and oxygen atoms in total. The first-order valence-corrected chi connectivity index (χ1v) is 6.19. The van der Waals surface area contributed by atoms with Crippen molar-refractivity contribution >= 4 is 11.8 Å². The molecule has 0 bridgehead atoms. The molecular formula is C9H14N4O2S. The molecule has 0 amide bonds. The number of hydrogen-bond acceptors (Lipinski definition) is 5. The lowest BCUT2D eigenvalue weighted by Crippen LogP contribution is -2.34. The molecule has 1 heterocycles. The van der Waals surface area contributed by atoms with Crippen molar-refractivity contribution in [3.8, 4) is 0 Å². The number of nitrogens with zero attached hydrogens (tertiary/aromatic N) is 2. The average Bonchev–Trinajstić information content (AvgIpc) is 3.04. The molecular weight excluding hydrogens is 228 g/mol. The summed E-state index contributed by atoms with van der Waals surface area (Å²) in [6.07, 6.45) is 2.53. The molecule has 0 spiro atoms. The SMILES string of the molecule is Cn1[nH]c(=O)c(=O)nc1SCCNC1CC1. The monoisotopic (exact) mass is 242 g/mol. The molecule has 0 aromatic carbocycles. The Kier molecular flexibility index (Phi) is 3.45. The van der Waals surface area contributed by atoms with E-state index in [4.69, 9.17) is 0 Å². The van der Waals surface area contributed by atoms with Crippen molar-refractivity contribution in [2.75, 3.05) is 12.3 Å². The highest BCUT2D eigenvalue weighted by Gasteiger charge is 2.19. The molecule has 16 heavy (non-hydrogen) atoms. The van der Waals surface area contributed by atoms with Crippen LogP contribution in [0.1, 0.15) is 12.8 Å². The summed E-state index contributed by atoms with van der Waals surface area (Å²) in [5, 5.41) is 6.32. The van der Waals surface area contributed by atoms with Gasteiger partial charge in [0.15, 0.2) is 5.16 Å². The third kappa shape index (κ3) is 2.96. The quantitative estimate of drug-likeness (QED) is 0.406. The summed E-state index contributed by atoms with van der Waals surface area (Å²) < 4.78 is 1.48. The molecule has 0 aliphatic heterocycles. The van der Waals surface area contributed by atoms with Crippen molar-refractivity contribution in [3.05, 3.63) is 20.7 Å². The van der Waals surface area contributed by atoms with Gasteiger partial charge >= 0.3 is 11.1 Å². The molecule has 1 fully saturated rings. The van der Waals surface area contributed by atoms with Crippen molar-refractivity contribution in [1.29, 1.82) is 0 Å². The third-order valence-corrected chi connectivity index (χ3v) is 3.32. The van der Waals surface area contributed by atoms with E-state index in [2.05, 4.69) is 15.4 Å². The van der Waals surface area contributed by atoms with Gasteiger partial charge in [0.05, 0.1) is 0 Å². The number of aryl methyl sites for hydroxylation is 1. The minimum atomic E-state index is -0.726. The first-order valence-electron chi connectivity index (χ1n) is 5.20. The second-order valence-corrected chi connectivity index (χ2v) is 4.84. The van der Waals surface area contributed by atoms with Gasteiger partial charge in [-0.2, -0.15) is 4.98 Å². The Labute approximate surface area is 96.4 Å². The Morgan fingerprint density at radius 1 is 1.56 bits per heavy atom. The lowest BCUT2D eigenvalue weighted by atomic mass is 10.6. The molecule has 0 unspecified atom stereocenters. The van der Waals surface area contributed by atoms with Gasteiger partial charge < -0.3 is 5.32 Å². The number of aromatic nitrogens is 3. The fourth-order valence-electron chi connectivity index (χ4n) is 1.28. The normalized spacial score (nSPS) is 15.3. The summed E-state index contributed by atoms with van der Waals surface area (Å²) in [4.78, 5) is 25.7. The molecule has 1 saturated carbocycles. The van der Waals surface area contributed by atoms with Crippen molar-refractivity contribution in [3.63, 3.8) is 0 Å². The van der Waals surface area contributed by atoms with E-state index in [0.29, 0.717) is 11.2 Å². The van der Waals surface area contributed by atoms with Crippen LogP contribution in [0.5, 0.6) is 0 Å². The molecule has 1 aliphatic carbocycles. The standard InChI is InChI=1S/C9H14N4O2S/c1-13-9(11-7(14)8(15)12-13)16-5-4-10-6-2-3-6/h6,10H,2-5H2,1H3,(H,12,15). The molecule has 0 radical (unpaired) electrons. The van der Waals surface area contributed by atoms with Crippen molar-refractivity contribution < 1.29 is 0 Å². The molecule has 2 rings (SSSR count). The van der Waals surface area contributed by atoms with E-state index in [1.807, 2.05) is 0 Å². The van der Waals surface area contributed by atoms with Crippen LogP contribution in [0, 0.1) is 0 Å². The second kappa shape index (κ2) is 4.84. The fraction of sp³-hybridized carbons (Fsp3) is 0.667. The van der Waals surface area contributed by atoms with Crippen LogP contribution in [0.15, 0.2) is 14.7 Å². The van der Waals surface area contributed by atoms with Crippen molar-refractivity contribution in [2.24, 2.45) is 7.05 Å². The summed E-state index contributed by atoms with van der Waals surface area (Å²) in [5.74, 6) is 0.836. The van der Waals surface area contributed by atoms with Gasteiger partial charge in [0.1, 0.15) is 0 Å². The van der Waals surface area contributed by atoms with E-state index in [1.54, 1.807) is 7.05 Å². The van der Waals surface area contributed by atoms with Crippen LogP contribution in [-0.2, 0) is 7.05 Å². The Hall–Kier alpha value is -1.08. The van der Waals surface area contributed by atoms with E-state index in [0.717, 1.165) is 12.3 Å². The summed E-state index contributed by atoms with van der Waals surface area (Å²) in [7, 11) is 1.67. The number of hydrogen-bond donors (Lipinski definition) is 2. The first kappa shape index (κ1) is 11.4. The second-order valence-electron chi connectivity index (χ2n) is 3.78. The van der Waals surface area contributed by atoms with E-state index in [9.17, 15) is 9.59 Å². The summed E-state index contributed by atoms with van der Waals surface area (Å²) in [5.41, 5.74) is -1.40. The number of rotatable bonds is 5. The van der Waals surface area contributed by atoms with Gasteiger partial charge in [0.2, 0.25) is 0 Å². The minimum Gasteiger partial charge on any atom is -0.313 e. The summed E-state index contributed by atoms with van der Waals surface area (Å²) in [6, 6.07) is 0.688. The fourth-order valence-corrected chi connectivity index (χ4v) is 2.07. The molecule has 0 atom stereocenters. The van der Waals surface area contributed by atoms with E-state index >= 15 is 0 Å². The zero-order valence-corrected chi connectivity index (χ0v) is 9.84. The molecule has 1 aliphatic rings. The highest BCUT2D eigenvalue weighted by atomic mass is 32.2. The van der Waals surface area contributed by atoms with Gasteiger partial charge in [-0.25, -0.2) is 0 Å². The third-order valence-electron chi connectivity index (χ3n) is 2.29. The van der Waals surface area contributed by atoms with Crippen molar-refractivity contribution in [1.82, 2.24) is 20.1 Å². The Bertz CT molecular complexity index is 477. The van der Waals surface area contributed by atoms with Gasteiger partial charge in [-0.3, -0.25) is 19.4 Å². The first-order chi connectivity index (χ1) is 7.66. The van der Waals surface area contributed by atoms with E-state index < -0.39 is 11.1 Å². The number of H-pyrrole nitrogens is 1. The molecule has 1 aromatic heterocycles. The van der Waals surface area contributed by atoms with Crippen LogP contribution in [0.25, 0.3) is 0 Å². The Balaban J connectivity index is 1.90. The number of nitrogens with one attached hydrogen (secondary N) is 2. The smallest absolute Gasteiger partial charge is 0.313 e. The Morgan fingerprint density at radius 3 is 3.00 bits per heavy atom. The van der Waals surface area contributed by atoms with E-state index in [1.165, 1.54) is 29.3 Å². The van der Waals surface area contributed by atoms with Crippen LogP contribution >= 0.6 is 11.8 Å². The van der Waals surface area contributed by atoms with Crippen LogP contribution in [0.2, 0.25) is 0 Å². The van der Waals surface area contributed by atoms with Gasteiger partial charge in [0.25, 0.3) is 0 Å². The molecule has 88 valence electrons. The highest BCUT2D eigenvalue weighted by Crippen LogP contribution is 2.18. The summed E-state index contributed by atoms with van der Waals surface area (Å²) in [6.45, 7) is 0.893. The lowest BCUT2D eigenvalue weighted by Gasteiger charge is -2.05. The van der Waals surface area contributed by atoms with Gasteiger partial charge in [-0.1, -0.05) is 11.8 Å². The predicted molar refractivity (Wildman–Crippen MR) is 61.8 cm³/mol. The topological polar surface area (TPSA) is 79.8 Å². The predicted octanol–water partition coefficient (Wildman–Crippen LogP) is -0.687. The van der Waals surface area contributed by atoms with Gasteiger partial charge in [-0.15, -0.1) is 0 Å². The van der Waals surface area contributed by atoms with Crippen LogP contribution in [-0.4, -0.2) is 33.1 Å². The van der Waals surface area contributed by atoms with Crippen LogP contribution < -0.4 is 16.4 Å². The van der Waals surface area contributed by atoms with Gasteiger partial charge in [-0.05, 0) is 12.8 Å². The van der Waals surface area contributed by atoms with Crippen LogP contribution in [0.4, 0.5) is 0 Å². The Morgan fingerprint density at radius 2 is 2.31 bits per heavy atom. The largest absolute Gasteiger partial charge is 0.339 e. The maximum absolute atomic E-state index is 11.0. The molecule has 1 aromatic rings. The average molecular weight is 242 g/mol. The number of thioether (sulfide) groups is 1. The highest BCUT2D eigenvalue weighted by molar-refractivity contribution is 7.99. The zero-order valence-electron chi connectivity index (χ0n) is 9.02. The minimum absolute atomic E-state index is 0.544.